The summed E-state index contributed by atoms with van der Waals surface area (Å²) < 4.78 is 43.9. The number of nitrogens with one attached hydrogen (secondary N) is 1. The van der Waals surface area contributed by atoms with Crippen molar-refractivity contribution in [2.75, 3.05) is 24.6 Å². The van der Waals surface area contributed by atoms with Crippen LogP contribution >= 0.6 is 0 Å². The Balaban J connectivity index is 1.80. The fourth-order valence-electron chi connectivity index (χ4n) is 2.32. The number of morpholine rings is 1. The van der Waals surface area contributed by atoms with E-state index in [1.807, 2.05) is 4.90 Å². The molecule has 1 atom stereocenters. The molecule has 1 fully saturated rings. The van der Waals surface area contributed by atoms with E-state index in [2.05, 4.69) is 20.2 Å². The molecule has 2 aromatic rings. The van der Waals surface area contributed by atoms with Crippen LogP contribution in [0, 0.1) is 6.92 Å². The van der Waals surface area contributed by atoms with Crippen LogP contribution in [0.4, 0.5) is 18.9 Å². The predicted molar refractivity (Wildman–Crippen MR) is 71.3 cm³/mol. The maximum atomic E-state index is 12.7. The fraction of sp³-hybridized carbons (Fsp3) is 0.462. The van der Waals surface area contributed by atoms with E-state index in [-0.39, 0.29) is 6.10 Å². The predicted octanol–water partition coefficient (Wildman–Crippen LogP) is 2.10. The Morgan fingerprint density at radius 1 is 1.41 bits per heavy atom. The van der Waals surface area contributed by atoms with Gasteiger partial charge < -0.3 is 9.64 Å². The van der Waals surface area contributed by atoms with Crippen LogP contribution in [-0.2, 0) is 10.9 Å². The van der Waals surface area contributed by atoms with Crippen molar-refractivity contribution in [3.8, 4) is 0 Å². The lowest BCUT2D eigenvalue weighted by atomic mass is 10.2. The van der Waals surface area contributed by atoms with E-state index in [9.17, 15) is 13.2 Å². The molecule has 0 unspecified atom stereocenters. The molecule has 9 heteroatoms. The third kappa shape index (κ3) is 3.03. The van der Waals surface area contributed by atoms with Gasteiger partial charge in [-0.15, -0.1) is 0 Å². The van der Waals surface area contributed by atoms with Crippen LogP contribution in [0.25, 0.3) is 0 Å². The molecule has 3 heterocycles. The molecule has 1 N–H and O–H groups in total. The van der Waals surface area contributed by atoms with E-state index >= 15 is 0 Å². The minimum atomic E-state index is -4.46. The van der Waals surface area contributed by atoms with Gasteiger partial charge in [-0.05, 0) is 19.1 Å². The first-order valence-electron chi connectivity index (χ1n) is 6.72. The number of ether oxygens (including phenoxy) is 1. The molecule has 22 heavy (non-hydrogen) atoms. The summed E-state index contributed by atoms with van der Waals surface area (Å²) in [5.74, 6) is 1.17. The second-order valence-electron chi connectivity index (χ2n) is 4.98. The number of aromatic nitrogens is 4. The van der Waals surface area contributed by atoms with Crippen molar-refractivity contribution in [2.24, 2.45) is 0 Å². The highest BCUT2D eigenvalue weighted by Gasteiger charge is 2.33. The quantitative estimate of drug-likeness (QED) is 0.920. The molecule has 1 aliphatic rings. The van der Waals surface area contributed by atoms with Gasteiger partial charge in [0.1, 0.15) is 17.6 Å². The number of anilines is 1. The van der Waals surface area contributed by atoms with Crippen LogP contribution in [0.3, 0.4) is 0 Å². The van der Waals surface area contributed by atoms with E-state index in [0.717, 1.165) is 6.07 Å². The summed E-state index contributed by atoms with van der Waals surface area (Å²) in [7, 11) is 0. The van der Waals surface area contributed by atoms with Crippen molar-refractivity contribution >= 4 is 5.69 Å². The molecule has 3 rings (SSSR count). The van der Waals surface area contributed by atoms with E-state index in [1.54, 1.807) is 13.0 Å². The monoisotopic (exact) mass is 313 g/mol. The number of hydrogen-bond acceptors (Lipinski definition) is 5. The fourth-order valence-corrected chi connectivity index (χ4v) is 2.32. The van der Waals surface area contributed by atoms with Crippen molar-refractivity contribution in [2.45, 2.75) is 19.2 Å². The lowest BCUT2D eigenvalue weighted by molar-refractivity contribution is -0.141. The number of alkyl halides is 3. The Labute approximate surface area is 124 Å². The Hall–Kier alpha value is -2.16. The number of aryl methyl sites for hydroxylation is 1. The standard InChI is InChI=1S/C13H14F3N5O/c1-8-18-12(20-19-8)10-7-21(4-5-22-10)9-2-3-17-11(6-9)13(14,15)16/h2-3,6,10H,4-5,7H2,1H3,(H,18,19,20)/t10-/m0/s1. The van der Waals surface area contributed by atoms with Gasteiger partial charge in [-0.2, -0.15) is 18.3 Å². The smallest absolute Gasteiger partial charge is 0.366 e. The van der Waals surface area contributed by atoms with Crippen LogP contribution in [0.1, 0.15) is 23.4 Å². The van der Waals surface area contributed by atoms with Crippen molar-refractivity contribution in [1.82, 2.24) is 20.2 Å². The van der Waals surface area contributed by atoms with Gasteiger partial charge >= 0.3 is 6.18 Å². The Morgan fingerprint density at radius 3 is 2.91 bits per heavy atom. The van der Waals surface area contributed by atoms with Crippen molar-refractivity contribution in [1.29, 1.82) is 0 Å². The third-order valence-electron chi connectivity index (χ3n) is 3.37. The SMILES string of the molecule is Cc1nc([C@@H]2CN(c3ccnc(C(F)(F)F)c3)CCO2)n[nH]1. The lowest BCUT2D eigenvalue weighted by Crippen LogP contribution is -2.39. The second kappa shape index (κ2) is 5.56. The van der Waals surface area contributed by atoms with Gasteiger partial charge in [-0.25, -0.2) is 4.98 Å². The maximum Gasteiger partial charge on any atom is 0.433 e. The van der Waals surface area contributed by atoms with Gasteiger partial charge in [0.25, 0.3) is 0 Å². The Morgan fingerprint density at radius 2 is 2.23 bits per heavy atom. The zero-order valence-electron chi connectivity index (χ0n) is 11.8. The number of halogens is 3. The molecule has 0 bridgehead atoms. The summed E-state index contributed by atoms with van der Waals surface area (Å²) in [6.45, 7) is 3.05. The number of rotatable bonds is 2. The van der Waals surface area contributed by atoms with Gasteiger partial charge in [0.05, 0.1) is 13.2 Å². The third-order valence-corrected chi connectivity index (χ3v) is 3.37. The van der Waals surface area contributed by atoms with Crippen LogP contribution in [0.15, 0.2) is 18.3 Å². The largest absolute Gasteiger partial charge is 0.433 e. The van der Waals surface area contributed by atoms with Crippen LogP contribution in [-0.4, -0.2) is 39.9 Å². The summed E-state index contributed by atoms with van der Waals surface area (Å²) in [6, 6.07) is 2.60. The summed E-state index contributed by atoms with van der Waals surface area (Å²) in [5, 5.41) is 6.78. The van der Waals surface area contributed by atoms with Crippen LogP contribution in [0.2, 0.25) is 0 Å². The lowest BCUT2D eigenvalue weighted by Gasteiger charge is -2.33. The molecule has 0 radical (unpaired) electrons. The molecule has 118 valence electrons. The molecule has 6 nitrogen and oxygen atoms in total. The molecule has 0 saturated carbocycles. The molecule has 2 aromatic heterocycles. The topological polar surface area (TPSA) is 66.9 Å². The van der Waals surface area contributed by atoms with Gasteiger partial charge in [-0.1, -0.05) is 0 Å². The molecular formula is C13H14F3N5O. The van der Waals surface area contributed by atoms with Gasteiger partial charge in [0.15, 0.2) is 5.82 Å². The van der Waals surface area contributed by atoms with Crippen LogP contribution in [0.5, 0.6) is 0 Å². The average molecular weight is 313 g/mol. The van der Waals surface area contributed by atoms with Crippen molar-refractivity contribution < 1.29 is 17.9 Å². The van der Waals surface area contributed by atoms with Gasteiger partial charge in [-0.3, -0.25) is 10.1 Å². The molecule has 0 aliphatic carbocycles. The molecular weight excluding hydrogens is 299 g/mol. The van der Waals surface area contributed by atoms with Gasteiger partial charge in [0.2, 0.25) is 0 Å². The molecule has 0 amide bonds. The second-order valence-corrected chi connectivity index (χ2v) is 4.98. The summed E-state index contributed by atoms with van der Waals surface area (Å²) in [4.78, 5) is 9.40. The van der Waals surface area contributed by atoms with E-state index in [4.69, 9.17) is 4.74 Å². The van der Waals surface area contributed by atoms with Crippen molar-refractivity contribution in [3.63, 3.8) is 0 Å². The zero-order chi connectivity index (χ0) is 15.7. The normalized spacial score (nSPS) is 19.5. The average Bonchev–Trinajstić information content (AvgIpc) is 2.93. The number of H-pyrrole nitrogens is 1. The molecule has 1 saturated heterocycles. The van der Waals surface area contributed by atoms with Gasteiger partial charge in [0, 0.05) is 18.4 Å². The summed E-state index contributed by atoms with van der Waals surface area (Å²) >= 11 is 0. The first-order chi connectivity index (χ1) is 10.4. The summed E-state index contributed by atoms with van der Waals surface area (Å²) in [6.07, 6.45) is -3.66. The minimum Gasteiger partial charge on any atom is -0.366 e. The first kappa shape index (κ1) is 14.8. The molecule has 1 aliphatic heterocycles. The summed E-state index contributed by atoms with van der Waals surface area (Å²) in [5.41, 5.74) is -0.440. The highest BCUT2D eigenvalue weighted by molar-refractivity contribution is 5.47. The number of aromatic amines is 1. The molecule has 0 aromatic carbocycles. The Bertz CT molecular complexity index is 657. The number of hydrogen-bond donors (Lipinski definition) is 1. The first-order valence-corrected chi connectivity index (χ1v) is 6.72. The highest BCUT2D eigenvalue weighted by Crippen LogP contribution is 2.31. The van der Waals surface area contributed by atoms with Crippen LogP contribution < -0.4 is 4.90 Å². The minimum absolute atomic E-state index is 0.374. The van der Waals surface area contributed by atoms with E-state index < -0.39 is 11.9 Å². The maximum absolute atomic E-state index is 12.7. The van der Waals surface area contributed by atoms with Crippen molar-refractivity contribution in [3.05, 3.63) is 35.7 Å². The molecule has 0 spiro atoms. The number of pyridine rings is 1. The number of nitrogens with zero attached hydrogens (tertiary/aromatic N) is 4. The Kier molecular flexibility index (Phi) is 3.73. The van der Waals surface area contributed by atoms with E-state index in [0.29, 0.717) is 37.0 Å². The zero-order valence-corrected chi connectivity index (χ0v) is 11.8. The van der Waals surface area contributed by atoms with E-state index in [1.165, 1.54) is 6.20 Å². The highest BCUT2D eigenvalue weighted by atomic mass is 19.4.